The first-order chi connectivity index (χ1) is 5.58. The quantitative estimate of drug-likeness (QED) is 0.312. The van der Waals surface area contributed by atoms with E-state index in [1.807, 2.05) is 0 Å². The van der Waals surface area contributed by atoms with E-state index < -0.39 is 6.00 Å². The van der Waals surface area contributed by atoms with E-state index >= 15 is 0 Å². The van der Waals surface area contributed by atoms with Crippen molar-refractivity contribution in [2.24, 2.45) is 0 Å². The Bertz CT molecular complexity index is 135. The van der Waals surface area contributed by atoms with E-state index in [9.17, 15) is 0 Å². The molecule has 0 aromatic heterocycles. The molecule has 1 aliphatic rings. The van der Waals surface area contributed by atoms with E-state index in [2.05, 4.69) is 0 Å². The fraction of sp³-hybridized carbons (Fsp3) is 1.00. The molecule has 1 heterocycles. The highest BCUT2D eigenvalue weighted by Gasteiger charge is 2.25. The molecule has 0 spiro atoms. The summed E-state index contributed by atoms with van der Waals surface area (Å²) in [4.78, 5) is 0. The molecule has 12 heavy (non-hydrogen) atoms. The Labute approximate surface area is 87.2 Å². The Kier molecular flexibility index (Phi) is 4.65. The summed E-state index contributed by atoms with van der Waals surface area (Å²) < 4.78 is 10.2. The van der Waals surface area contributed by atoms with Gasteiger partial charge in [0.05, 0.1) is 13.2 Å². The van der Waals surface area contributed by atoms with Gasteiger partial charge >= 0.3 is 6.00 Å². The molecule has 1 saturated heterocycles. The topological polar surface area (TPSA) is 21.8 Å². The minimum Gasteiger partial charge on any atom is -0.379 e. The van der Waals surface area contributed by atoms with E-state index in [4.69, 9.17) is 42.7 Å². The van der Waals surface area contributed by atoms with E-state index in [0.717, 1.165) is 13.0 Å². The van der Waals surface area contributed by atoms with Crippen LogP contribution in [0.4, 0.5) is 0 Å². The lowest BCUT2D eigenvalue weighted by Gasteiger charge is -2.06. The van der Waals surface area contributed by atoms with Crippen LogP contribution >= 0.6 is 33.2 Å². The van der Waals surface area contributed by atoms with Crippen molar-refractivity contribution in [3.8, 4) is 0 Å². The first-order valence-electron chi connectivity index (χ1n) is 3.84. The van der Waals surface area contributed by atoms with Crippen LogP contribution in [0.1, 0.15) is 6.42 Å². The Morgan fingerprint density at radius 3 is 2.58 bits per heavy atom. The number of hydrogen-bond acceptors (Lipinski definition) is 2. The maximum atomic E-state index is 5.68. The molecule has 0 bridgehead atoms. The normalized spacial score (nSPS) is 22.8. The van der Waals surface area contributed by atoms with Gasteiger partial charge in [0, 0.05) is 6.61 Å². The van der Waals surface area contributed by atoms with Gasteiger partial charge in [-0.25, -0.2) is 0 Å². The molecule has 0 aromatic rings. The number of rotatable bonds is 6. The standard InChI is InChI=1S/C6H11Cl3O2Si/c7-12(8,9)3-1-2-10-4-6-5-11-6/h6H,1-5H2. The number of hydrogen-bond donors (Lipinski definition) is 0. The molecule has 0 N–H and O–H groups in total. The van der Waals surface area contributed by atoms with Crippen LogP contribution in [0.2, 0.25) is 6.04 Å². The summed E-state index contributed by atoms with van der Waals surface area (Å²) in [5.74, 6) is 0. The van der Waals surface area contributed by atoms with Crippen molar-refractivity contribution in [1.82, 2.24) is 0 Å². The Morgan fingerprint density at radius 1 is 1.42 bits per heavy atom. The van der Waals surface area contributed by atoms with Crippen LogP contribution in [0.25, 0.3) is 0 Å². The van der Waals surface area contributed by atoms with Gasteiger partial charge in [-0.1, -0.05) is 0 Å². The predicted octanol–water partition coefficient (Wildman–Crippen LogP) is 2.45. The van der Waals surface area contributed by atoms with Gasteiger partial charge in [0.15, 0.2) is 0 Å². The third-order valence-corrected chi connectivity index (χ3v) is 4.08. The Balaban J connectivity index is 1.82. The minimum atomic E-state index is -2.41. The summed E-state index contributed by atoms with van der Waals surface area (Å²) in [7, 11) is 0. The van der Waals surface area contributed by atoms with Gasteiger partial charge in [0.25, 0.3) is 0 Å². The highest BCUT2D eigenvalue weighted by atomic mass is 35.8. The highest BCUT2D eigenvalue weighted by molar-refractivity contribution is 7.64. The molecule has 6 heteroatoms. The minimum absolute atomic E-state index is 0.329. The van der Waals surface area contributed by atoms with Crippen LogP contribution in [0, 0.1) is 0 Å². The number of halogens is 3. The lowest BCUT2D eigenvalue weighted by molar-refractivity contribution is 0.117. The zero-order chi connectivity index (χ0) is 9.03. The van der Waals surface area contributed by atoms with Gasteiger partial charge in [-0.05, 0) is 12.5 Å². The predicted molar refractivity (Wildman–Crippen MR) is 53.3 cm³/mol. The van der Waals surface area contributed by atoms with Gasteiger partial charge in [-0.3, -0.25) is 0 Å². The summed E-state index contributed by atoms with van der Waals surface area (Å²) in [5, 5.41) is 0. The average Bonchev–Trinajstić information content (AvgIpc) is 2.68. The molecule has 1 fully saturated rings. The smallest absolute Gasteiger partial charge is 0.341 e. The van der Waals surface area contributed by atoms with Crippen molar-refractivity contribution in [3.05, 3.63) is 0 Å². The fourth-order valence-corrected chi connectivity index (χ4v) is 2.50. The molecule has 0 radical (unpaired) electrons. The van der Waals surface area contributed by atoms with Crippen molar-refractivity contribution < 1.29 is 9.47 Å². The molecule has 1 atom stereocenters. The first-order valence-corrected chi connectivity index (χ1v) is 9.08. The maximum Gasteiger partial charge on any atom is 0.341 e. The van der Waals surface area contributed by atoms with E-state index in [0.29, 0.717) is 25.4 Å². The van der Waals surface area contributed by atoms with Gasteiger partial charge in [0.1, 0.15) is 6.10 Å². The summed E-state index contributed by atoms with van der Waals surface area (Å²) in [6, 6.07) is -1.74. The average molecular weight is 250 g/mol. The molecule has 0 aliphatic carbocycles. The van der Waals surface area contributed by atoms with E-state index in [1.54, 1.807) is 0 Å². The highest BCUT2D eigenvalue weighted by Crippen LogP contribution is 2.26. The molecule has 2 nitrogen and oxygen atoms in total. The van der Waals surface area contributed by atoms with Gasteiger partial charge < -0.3 is 9.47 Å². The lowest BCUT2D eigenvalue weighted by atomic mass is 10.5. The van der Waals surface area contributed by atoms with Crippen LogP contribution in [0.3, 0.4) is 0 Å². The van der Waals surface area contributed by atoms with Crippen molar-refractivity contribution in [2.45, 2.75) is 18.6 Å². The first kappa shape index (κ1) is 11.1. The van der Waals surface area contributed by atoms with Crippen molar-refractivity contribution >= 4 is 39.2 Å². The van der Waals surface area contributed by atoms with E-state index in [1.165, 1.54) is 0 Å². The zero-order valence-electron chi connectivity index (χ0n) is 6.56. The van der Waals surface area contributed by atoms with Gasteiger partial charge in [-0.15, -0.1) is 33.2 Å². The van der Waals surface area contributed by atoms with E-state index in [-0.39, 0.29) is 0 Å². The van der Waals surface area contributed by atoms with Crippen LogP contribution in [-0.2, 0) is 9.47 Å². The van der Waals surface area contributed by atoms with Crippen molar-refractivity contribution in [3.63, 3.8) is 0 Å². The molecule has 0 amide bonds. The molecule has 72 valence electrons. The molecule has 0 aromatic carbocycles. The van der Waals surface area contributed by atoms with Crippen LogP contribution < -0.4 is 0 Å². The molecule has 1 unspecified atom stereocenters. The second-order valence-corrected chi connectivity index (χ2v) is 12.0. The third kappa shape index (κ3) is 6.52. The molecule has 1 aliphatic heterocycles. The van der Waals surface area contributed by atoms with Crippen molar-refractivity contribution in [1.29, 1.82) is 0 Å². The number of ether oxygens (including phenoxy) is 2. The zero-order valence-corrected chi connectivity index (χ0v) is 9.83. The summed E-state index contributed by atoms with van der Waals surface area (Å²) >= 11 is 17.0. The second kappa shape index (κ2) is 5.03. The SMILES string of the molecule is Cl[Si](Cl)(Cl)CCCOCC1CO1. The maximum absolute atomic E-state index is 5.68. The monoisotopic (exact) mass is 248 g/mol. The number of epoxide rings is 1. The molecular weight excluding hydrogens is 239 g/mol. The van der Waals surface area contributed by atoms with Crippen LogP contribution in [0.5, 0.6) is 0 Å². The van der Waals surface area contributed by atoms with Gasteiger partial charge in [-0.2, -0.15) is 0 Å². The summed E-state index contributed by atoms with van der Waals surface area (Å²) in [6.07, 6.45) is 1.16. The molecule has 0 saturated carbocycles. The van der Waals surface area contributed by atoms with Gasteiger partial charge in [0.2, 0.25) is 0 Å². The molecule has 1 rings (SSSR count). The fourth-order valence-electron chi connectivity index (χ4n) is 0.754. The third-order valence-electron chi connectivity index (χ3n) is 1.46. The largest absolute Gasteiger partial charge is 0.379 e. The Morgan fingerprint density at radius 2 is 2.08 bits per heavy atom. The molecular formula is C6H11Cl3O2Si. The summed E-state index contributed by atoms with van der Waals surface area (Å²) in [5.41, 5.74) is 0. The lowest BCUT2D eigenvalue weighted by Crippen LogP contribution is -2.11. The van der Waals surface area contributed by atoms with Crippen LogP contribution in [-0.4, -0.2) is 31.9 Å². The summed E-state index contributed by atoms with van der Waals surface area (Å²) in [6.45, 7) is 2.18. The van der Waals surface area contributed by atoms with Crippen molar-refractivity contribution in [2.75, 3.05) is 19.8 Å². The van der Waals surface area contributed by atoms with Crippen LogP contribution in [0.15, 0.2) is 0 Å². The Hall–Kier alpha value is 1.01. The second-order valence-electron chi connectivity index (χ2n) is 2.75.